The molecular formula is C23H31N5O2. The van der Waals surface area contributed by atoms with Crippen LogP contribution in [0.1, 0.15) is 74.0 Å². The van der Waals surface area contributed by atoms with Gasteiger partial charge in [0.1, 0.15) is 11.7 Å². The summed E-state index contributed by atoms with van der Waals surface area (Å²) in [6.07, 6.45) is 7.11. The number of carbonyl (C=O) groups is 2. The number of hydrogen-bond acceptors (Lipinski definition) is 4. The Morgan fingerprint density at radius 1 is 1.23 bits per heavy atom. The van der Waals surface area contributed by atoms with Gasteiger partial charge in [0.25, 0.3) is 5.91 Å². The molecule has 7 nitrogen and oxygen atoms in total. The van der Waals surface area contributed by atoms with Gasteiger partial charge in [0.15, 0.2) is 0 Å². The molecule has 4 rings (SSSR count). The standard InChI is InChI=1S/C23H31N5O2/c1-2-3-9-19(25-23(30)21-15-20(26-27-21)16-10-11-16)22(29)24-17-7-6-8-18(14-17)28-12-4-5-13-28/h6-8,14-16,19H,2-5,9-13H2,1H3,(H,24,29)(H,25,30)(H,26,27). The van der Waals surface area contributed by atoms with Crippen molar-refractivity contribution in [2.24, 2.45) is 0 Å². The Kier molecular flexibility index (Phi) is 6.35. The number of amides is 2. The van der Waals surface area contributed by atoms with E-state index in [1.165, 1.54) is 12.8 Å². The molecule has 0 bridgehead atoms. The zero-order chi connectivity index (χ0) is 20.9. The van der Waals surface area contributed by atoms with Crippen LogP contribution in [0.3, 0.4) is 0 Å². The summed E-state index contributed by atoms with van der Waals surface area (Å²) in [6, 6.07) is 9.16. The molecule has 1 atom stereocenters. The molecule has 1 aliphatic carbocycles. The first-order valence-electron chi connectivity index (χ1n) is 11.2. The molecule has 7 heteroatoms. The molecule has 160 valence electrons. The fourth-order valence-electron chi connectivity index (χ4n) is 3.95. The van der Waals surface area contributed by atoms with E-state index in [0.717, 1.165) is 55.8 Å². The molecule has 0 spiro atoms. The lowest BCUT2D eigenvalue weighted by molar-refractivity contribution is -0.118. The number of aromatic amines is 1. The second-order valence-corrected chi connectivity index (χ2v) is 8.38. The Morgan fingerprint density at radius 2 is 2.03 bits per heavy atom. The molecule has 3 N–H and O–H groups in total. The Balaban J connectivity index is 1.41. The molecule has 0 radical (unpaired) electrons. The number of hydrogen-bond donors (Lipinski definition) is 3. The molecule has 2 fully saturated rings. The van der Waals surface area contributed by atoms with Crippen molar-refractivity contribution >= 4 is 23.2 Å². The zero-order valence-corrected chi connectivity index (χ0v) is 17.6. The zero-order valence-electron chi connectivity index (χ0n) is 17.6. The van der Waals surface area contributed by atoms with Crippen molar-refractivity contribution in [2.45, 2.75) is 63.8 Å². The maximum Gasteiger partial charge on any atom is 0.272 e. The lowest BCUT2D eigenvalue weighted by atomic mass is 10.1. The molecule has 2 aliphatic rings. The Bertz CT molecular complexity index is 883. The number of anilines is 2. The summed E-state index contributed by atoms with van der Waals surface area (Å²) in [5.74, 6) is 0.00895. The first kappa shape index (κ1) is 20.4. The molecule has 2 heterocycles. The fourth-order valence-corrected chi connectivity index (χ4v) is 3.95. The minimum atomic E-state index is -0.589. The average molecular weight is 410 g/mol. The third-order valence-corrected chi connectivity index (χ3v) is 5.90. The molecule has 1 aliphatic heterocycles. The van der Waals surface area contributed by atoms with Crippen LogP contribution in [0.25, 0.3) is 0 Å². The van der Waals surface area contributed by atoms with Gasteiger partial charge < -0.3 is 15.5 Å². The number of H-pyrrole nitrogens is 1. The van der Waals surface area contributed by atoms with Gasteiger partial charge in [0, 0.05) is 36.1 Å². The number of carbonyl (C=O) groups excluding carboxylic acids is 2. The minimum Gasteiger partial charge on any atom is -0.371 e. The van der Waals surface area contributed by atoms with E-state index < -0.39 is 6.04 Å². The number of rotatable bonds is 9. The van der Waals surface area contributed by atoms with Crippen molar-refractivity contribution < 1.29 is 9.59 Å². The summed E-state index contributed by atoms with van der Waals surface area (Å²) in [5, 5.41) is 13.0. The Morgan fingerprint density at radius 3 is 2.77 bits per heavy atom. The lowest BCUT2D eigenvalue weighted by Crippen LogP contribution is -2.44. The van der Waals surface area contributed by atoms with E-state index in [1.54, 1.807) is 6.07 Å². The maximum atomic E-state index is 13.0. The largest absolute Gasteiger partial charge is 0.371 e. The Hall–Kier alpha value is -2.83. The highest BCUT2D eigenvalue weighted by molar-refractivity contribution is 6.00. The molecule has 1 unspecified atom stereocenters. The average Bonchev–Trinajstić information content (AvgIpc) is 3.25. The first-order valence-corrected chi connectivity index (χ1v) is 11.2. The van der Waals surface area contributed by atoms with Crippen LogP contribution in [0.5, 0.6) is 0 Å². The number of benzene rings is 1. The van der Waals surface area contributed by atoms with Gasteiger partial charge in [-0.3, -0.25) is 14.7 Å². The third-order valence-electron chi connectivity index (χ3n) is 5.90. The number of nitrogens with zero attached hydrogens (tertiary/aromatic N) is 2. The molecule has 2 aromatic rings. The second-order valence-electron chi connectivity index (χ2n) is 8.38. The van der Waals surface area contributed by atoms with Crippen LogP contribution in [0.2, 0.25) is 0 Å². The van der Waals surface area contributed by atoms with E-state index in [4.69, 9.17) is 0 Å². The van der Waals surface area contributed by atoms with Gasteiger partial charge in [-0.1, -0.05) is 25.8 Å². The maximum absolute atomic E-state index is 13.0. The lowest BCUT2D eigenvalue weighted by Gasteiger charge is -2.20. The van der Waals surface area contributed by atoms with Gasteiger partial charge in [-0.15, -0.1) is 0 Å². The first-order chi connectivity index (χ1) is 14.6. The van der Waals surface area contributed by atoms with Crippen LogP contribution >= 0.6 is 0 Å². The van der Waals surface area contributed by atoms with E-state index in [2.05, 4.69) is 38.7 Å². The van der Waals surface area contributed by atoms with Crippen LogP contribution in [0.4, 0.5) is 11.4 Å². The van der Waals surface area contributed by atoms with Gasteiger partial charge in [0.2, 0.25) is 5.91 Å². The van der Waals surface area contributed by atoms with Crippen LogP contribution in [0.15, 0.2) is 30.3 Å². The predicted molar refractivity (Wildman–Crippen MR) is 118 cm³/mol. The Labute approximate surface area is 177 Å². The molecule has 1 aromatic carbocycles. The number of unbranched alkanes of at least 4 members (excludes halogenated alkanes) is 1. The summed E-state index contributed by atoms with van der Waals surface area (Å²) in [7, 11) is 0. The molecule has 1 aromatic heterocycles. The van der Waals surface area contributed by atoms with Crippen LogP contribution < -0.4 is 15.5 Å². The van der Waals surface area contributed by atoms with Crippen LogP contribution in [0, 0.1) is 0 Å². The normalized spacial score (nSPS) is 17.0. The molecule has 1 saturated carbocycles. The predicted octanol–water partition coefficient (Wildman–Crippen LogP) is 3.81. The highest BCUT2D eigenvalue weighted by Crippen LogP contribution is 2.39. The van der Waals surface area contributed by atoms with Crippen molar-refractivity contribution in [1.82, 2.24) is 15.5 Å². The molecule has 2 amide bonds. The second kappa shape index (κ2) is 9.32. The fraction of sp³-hybridized carbons (Fsp3) is 0.522. The summed E-state index contributed by atoms with van der Waals surface area (Å²) in [4.78, 5) is 28.0. The highest BCUT2D eigenvalue weighted by atomic mass is 16.2. The summed E-state index contributed by atoms with van der Waals surface area (Å²) in [6.45, 7) is 4.18. The van der Waals surface area contributed by atoms with Crippen molar-refractivity contribution in [3.63, 3.8) is 0 Å². The number of nitrogens with one attached hydrogen (secondary N) is 3. The SMILES string of the molecule is CCCCC(NC(=O)c1cc(C2CC2)[nH]n1)C(=O)Nc1cccc(N2CCCC2)c1. The summed E-state index contributed by atoms with van der Waals surface area (Å²) < 4.78 is 0. The number of aromatic nitrogens is 2. The van der Waals surface area contributed by atoms with Gasteiger partial charge in [0.05, 0.1) is 0 Å². The van der Waals surface area contributed by atoms with Crippen molar-refractivity contribution in [1.29, 1.82) is 0 Å². The van der Waals surface area contributed by atoms with E-state index >= 15 is 0 Å². The van der Waals surface area contributed by atoms with Crippen LogP contribution in [-0.2, 0) is 4.79 Å². The molecule has 1 saturated heterocycles. The highest BCUT2D eigenvalue weighted by Gasteiger charge is 2.28. The van der Waals surface area contributed by atoms with Gasteiger partial charge in [-0.05, 0) is 56.4 Å². The van der Waals surface area contributed by atoms with Crippen molar-refractivity contribution in [3.8, 4) is 0 Å². The van der Waals surface area contributed by atoms with E-state index in [0.29, 0.717) is 18.0 Å². The molecular weight excluding hydrogens is 378 g/mol. The van der Waals surface area contributed by atoms with E-state index in [-0.39, 0.29) is 11.8 Å². The topological polar surface area (TPSA) is 90.1 Å². The minimum absolute atomic E-state index is 0.187. The summed E-state index contributed by atoms with van der Waals surface area (Å²) >= 11 is 0. The quantitative estimate of drug-likeness (QED) is 0.587. The third kappa shape index (κ3) is 5.01. The van der Waals surface area contributed by atoms with E-state index in [9.17, 15) is 9.59 Å². The van der Waals surface area contributed by atoms with Crippen LogP contribution in [-0.4, -0.2) is 41.1 Å². The molecule has 30 heavy (non-hydrogen) atoms. The van der Waals surface area contributed by atoms with Gasteiger partial charge in [-0.2, -0.15) is 5.10 Å². The van der Waals surface area contributed by atoms with Gasteiger partial charge >= 0.3 is 0 Å². The van der Waals surface area contributed by atoms with Gasteiger partial charge in [-0.25, -0.2) is 0 Å². The van der Waals surface area contributed by atoms with E-state index in [1.807, 2.05) is 18.2 Å². The summed E-state index contributed by atoms with van der Waals surface area (Å²) in [5.41, 5.74) is 3.25. The van der Waals surface area contributed by atoms with Crippen molar-refractivity contribution in [3.05, 3.63) is 41.7 Å². The monoisotopic (exact) mass is 409 g/mol. The van der Waals surface area contributed by atoms with Crippen molar-refractivity contribution in [2.75, 3.05) is 23.3 Å². The smallest absolute Gasteiger partial charge is 0.272 e.